The van der Waals surface area contributed by atoms with Gasteiger partial charge in [0, 0.05) is 25.2 Å². The molecule has 118 valence electrons. The van der Waals surface area contributed by atoms with Gasteiger partial charge >= 0.3 is 0 Å². The van der Waals surface area contributed by atoms with Crippen LogP contribution < -0.4 is 15.2 Å². The van der Waals surface area contributed by atoms with E-state index in [1.54, 1.807) is 31.3 Å². The van der Waals surface area contributed by atoms with Crippen LogP contribution in [0.15, 0.2) is 24.3 Å². The highest BCUT2D eigenvalue weighted by atomic mass is 16.5. The van der Waals surface area contributed by atoms with Crippen molar-refractivity contribution in [3.05, 3.63) is 29.8 Å². The number of hydrogen-bond donors (Lipinski definition) is 1. The van der Waals surface area contributed by atoms with Gasteiger partial charge in [-0.15, -0.1) is 0 Å². The second kappa shape index (κ2) is 6.98. The Bertz CT molecular complexity index is 576. The van der Waals surface area contributed by atoms with Crippen LogP contribution >= 0.6 is 0 Å². The molecule has 2 amide bonds. The Hall–Kier alpha value is -2.50. The van der Waals surface area contributed by atoms with Gasteiger partial charge in [0.05, 0.1) is 20.1 Å². The summed E-state index contributed by atoms with van der Waals surface area (Å²) in [5, 5.41) is 0. The van der Waals surface area contributed by atoms with Crippen LogP contribution in [0.5, 0.6) is 11.5 Å². The smallest absolute Gasteiger partial charge is 0.246 e. The molecule has 1 saturated heterocycles. The lowest BCUT2D eigenvalue weighted by atomic mass is 10.1. The van der Waals surface area contributed by atoms with E-state index in [1.807, 2.05) is 12.1 Å². The van der Waals surface area contributed by atoms with Crippen LogP contribution in [0, 0.1) is 5.92 Å². The summed E-state index contributed by atoms with van der Waals surface area (Å²) in [6.07, 6.45) is 3.81. The summed E-state index contributed by atoms with van der Waals surface area (Å²) in [6, 6.07) is 5.38. The number of nitrogens with zero attached hydrogens (tertiary/aromatic N) is 1. The van der Waals surface area contributed by atoms with Gasteiger partial charge in [-0.2, -0.15) is 0 Å². The third-order valence-corrected chi connectivity index (χ3v) is 3.69. The van der Waals surface area contributed by atoms with Crippen molar-refractivity contribution < 1.29 is 19.1 Å². The minimum absolute atomic E-state index is 0.134. The molecular formula is C16H20N2O4. The minimum atomic E-state index is -0.350. The van der Waals surface area contributed by atoms with Crippen LogP contribution in [0.4, 0.5) is 0 Å². The van der Waals surface area contributed by atoms with Crippen LogP contribution in [-0.2, 0) is 9.59 Å². The number of carbonyl (C=O) groups is 2. The molecule has 1 aliphatic heterocycles. The van der Waals surface area contributed by atoms with Crippen molar-refractivity contribution in [3.63, 3.8) is 0 Å². The first-order chi connectivity index (χ1) is 10.5. The molecule has 6 heteroatoms. The fourth-order valence-electron chi connectivity index (χ4n) is 2.39. The molecule has 1 aromatic carbocycles. The molecule has 22 heavy (non-hydrogen) atoms. The van der Waals surface area contributed by atoms with Crippen LogP contribution in [-0.4, -0.2) is 44.0 Å². The highest BCUT2D eigenvalue weighted by molar-refractivity contribution is 5.92. The summed E-state index contributed by atoms with van der Waals surface area (Å²) >= 11 is 0. The fraction of sp³-hybridized carbons (Fsp3) is 0.375. The van der Waals surface area contributed by atoms with E-state index in [-0.39, 0.29) is 17.7 Å². The van der Waals surface area contributed by atoms with Gasteiger partial charge in [0.2, 0.25) is 11.8 Å². The maximum Gasteiger partial charge on any atom is 0.246 e. The number of amides is 2. The summed E-state index contributed by atoms with van der Waals surface area (Å²) in [4.78, 5) is 24.9. The van der Waals surface area contributed by atoms with E-state index < -0.39 is 0 Å². The lowest BCUT2D eigenvalue weighted by molar-refractivity contribution is -0.125. The lowest BCUT2D eigenvalue weighted by Crippen LogP contribution is -2.30. The Balaban J connectivity index is 2.05. The highest BCUT2D eigenvalue weighted by Gasteiger charge is 2.28. The number of rotatable bonds is 5. The molecule has 1 aliphatic rings. The fourth-order valence-corrected chi connectivity index (χ4v) is 2.39. The standard InChI is InChI=1S/C16H20N2O4/c1-21-13-7-11(8-14(9-13)22-2)3-4-15(19)18-6-5-12(10-18)16(17)20/h3-4,7-9,12H,5-6,10H2,1-2H3,(H2,17,20)/b4-3-/t12-/m0/s1. The normalized spacial score (nSPS) is 17.7. The van der Waals surface area contributed by atoms with Gasteiger partial charge in [0.15, 0.2) is 0 Å². The van der Waals surface area contributed by atoms with Crippen molar-refractivity contribution in [2.45, 2.75) is 6.42 Å². The molecule has 0 saturated carbocycles. The summed E-state index contributed by atoms with van der Waals surface area (Å²) in [6.45, 7) is 0.943. The molecule has 1 aromatic rings. The maximum absolute atomic E-state index is 12.1. The zero-order valence-electron chi connectivity index (χ0n) is 12.7. The van der Waals surface area contributed by atoms with Gasteiger partial charge in [-0.1, -0.05) is 0 Å². The number of ether oxygens (including phenoxy) is 2. The Kier molecular flexibility index (Phi) is 5.04. The van der Waals surface area contributed by atoms with E-state index in [1.165, 1.54) is 6.08 Å². The zero-order chi connectivity index (χ0) is 16.1. The van der Waals surface area contributed by atoms with Gasteiger partial charge < -0.3 is 20.1 Å². The summed E-state index contributed by atoms with van der Waals surface area (Å²) in [5.74, 6) is 0.583. The molecule has 0 spiro atoms. The largest absolute Gasteiger partial charge is 0.497 e. The van der Waals surface area contributed by atoms with Crippen molar-refractivity contribution in [1.82, 2.24) is 4.90 Å². The molecule has 0 aliphatic carbocycles. The van der Waals surface area contributed by atoms with Crippen molar-refractivity contribution in [1.29, 1.82) is 0 Å². The van der Waals surface area contributed by atoms with Crippen LogP contribution in [0.25, 0.3) is 6.08 Å². The van der Waals surface area contributed by atoms with Crippen LogP contribution in [0.3, 0.4) is 0 Å². The van der Waals surface area contributed by atoms with E-state index in [0.717, 1.165) is 5.56 Å². The van der Waals surface area contributed by atoms with Gasteiger partial charge in [0.25, 0.3) is 0 Å². The van der Waals surface area contributed by atoms with Gasteiger partial charge in [-0.3, -0.25) is 9.59 Å². The van der Waals surface area contributed by atoms with E-state index in [4.69, 9.17) is 15.2 Å². The number of likely N-dealkylation sites (tertiary alicyclic amines) is 1. The Morgan fingerprint density at radius 2 is 1.86 bits per heavy atom. The zero-order valence-corrected chi connectivity index (χ0v) is 12.7. The maximum atomic E-state index is 12.1. The molecule has 0 radical (unpaired) electrons. The molecule has 1 atom stereocenters. The van der Waals surface area contributed by atoms with Crippen LogP contribution in [0.1, 0.15) is 12.0 Å². The van der Waals surface area contributed by atoms with E-state index in [2.05, 4.69) is 0 Å². The molecule has 0 unspecified atom stereocenters. The Morgan fingerprint density at radius 1 is 1.23 bits per heavy atom. The first-order valence-corrected chi connectivity index (χ1v) is 7.03. The second-order valence-electron chi connectivity index (χ2n) is 5.15. The molecule has 2 N–H and O–H groups in total. The SMILES string of the molecule is COc1cc(/C=C\C(=O)N2CC[C@H](C(N)=O)C2)cc(OC)c1. The average molecular weight is 304 g/mol. The highest BCUT2D eigenvalue weighted by Crippen LogP contribution is 2.23. The van der Waals surface area contributed by atoms with Gasteiger partial charge in [-0.25, -0.2) is 0 Å². The predicted octanol–water partition coefficient (Wildman–Crippen LogP) is 1.05. The number of primary amides is 1. The lowest BCUT2D eigenvalue weighted by Gasteiger charge is -2.13. The molecule has 2 rings (SSSR count). The van der Waals surface area contributed by atoms with Crippen molar-refractivity contribution in [3.8, 4) is 11.5 Å². The third kappa shape index (κ3) is 3.78. The Labute approximate surface area is 129 Å². The number of nitrogens with two attached hydrogens (primary N) is 1. The predicted molar refractivity (Wildman–Crippen MR) is 82.5 cm³/mol. The van der Waals surface area contributed by atoms with E-state index >= 15 is 0 Å². The number of carbonyl (C=O) groups excluding carboxylic acids is 2. The third-order valence-electron chi connectivity index (χ3n) is 3.69. The summed E-state index contributed by atoms with van der Waals surface area (Å²) in [5.41, 5.74) is 6.07. The molecule has 6 nitrogen and oxygen atoms in total. The minimum Gasteiger partial charge on any atom is -0.497 e. The number of methoxy groups -OCH3 is 2. The average Bonchev–Trinajstić information content (AvgIpc) is 3.02. The van der Waals surface area contributed by atoms with Gasteiger partial charge in [0.1, 0.15) is 11.5 Å². The number of benzene rings is 1. The van der Waals surface area contributed by atoms with Gasteiger partial charge in [-0.05, 0) is 30.2 Å². The van der Waals surface area contributed by atoms with Crippen LogP contribution in [0.2, 0.25) is 0 Å². The molecular weight excluding hydrogens is 284 g/mol. The summed E-state index contributed by atoms with van der Waals surface area (Å²) in [7, 11) is 3.14. The second-order valence-corrected chi connectivity index (χ2v) is 5.15. The molecule has 1 heterocycles. The first kappa shape index (κ1) is 15.9. The molecule has 0 aromatic heterocycles. The quantitative estimate of drug-likeness (QED) is 0.824. The van der Waals surface area contributed by atoms with E-state index in [0.29, 0.717) is 31.0 Å². The molecule has 1 fully saturated rings. The van der Waals surface area contributed by atoms with Crippen molar-refractivity contribution in [2.24, 2.45) is 11.7 Å². The Morgan fingerprint density at radius 3 is 2.36 bits per heavy atom. The summed E-state index contributed by atoms with van der Waals surface area (Å²) < 4.78 is 10.4. The van der Waals surface area contributed by atoms with E-state index in [9.17, 15) is 9.59 Å². The topological polar surface area (TPSA) is 81.9 Å². The first-order valence-electron chi connectivity index (χ1n) is 7.03. The van der Waals surface area contributed by atoms with Crippen molar-refractivity contribution >= 4 is 17.9 Å². The number of hydrogen-bond acceptors (Lipinski definition) is 4. The van der Waals surface area contributed by atoms with Crippen molar-refractivity contribution in [2.75, 3.05) is 27.3 Å². The monoisotopic (exact) mass is 304 g/mol. The molecule has 0 bridgehead atoms.